The number of hydrogen-bond donors (Lipinski definition) is 0. The topological polar surface area (TPSA) is 12.9 Å². The quantitative estimate of drug-likeness (QED) is 0.677. The fourth-order valence-corrected chi connectivity index (χ4v) is 0.862. The van der Waals surface area contributed by atoms with Gasteiger partial charge in [0.15, 0.2) is 0 Å². The first-order chi connectivity index (χ1) is 5.54. The van der Waals surface area contributed by atoms with E-state index < -0.39 is 11.7 Å². The number of halogens is 5. The highest BCUT2D eigenvalue weighted by Crippen LogP contribution is 2.28. The van der Waals surface area contributed by atoms with Crippen LogP contribution in [0.1, 0.15) is 11.1 Å². The van der Waals surface area contributed by atoms with Gasteiger partial charge >= 0.3 is 6.18 Å². The molecule has 0 unspecified atom stereocenters. The molecule has 0 amide bonds. The molecule has 1 rings (SSSR count). The van der Waals surface area contributed by atoms with Gasteiger partial charge in [0.05, 0.1) is 5.56 Å². The van der Waals surface area contributed by atoms with Gasteiger partial charge in [-0.25, -0.2) is 0 Å². The first kappa shape index (κ1) is 12.5. The average Bonchev–Trinajstić information content (AvgIpc) is 2.03. The lowest BCUT2D eigenvalue weighted by atomic mass is 10.2. The van der Waals surface area contributed by atoms with E-state index in [9.17, 15) is 13.2 Å². The number of hydrogen-bond acceptors (Lipinski definition) is 1. The molecule has 0 aromatic carbocycles. The predicted octanol–water partition coefficient (Wildman–Crippen LogP) is 3.26. The van der Waals surface area contributed by atoms with Crippen LogP contribution in [-0.2, 0) is 12.1 Å². The minimum atomic E-state index is -4.34. The van der Waals surface area contributed by atoms with Crippen LogP contribution < -0.4 is 0 Å². The van der Waals surface area contributed by atoms with Crippen molar-refractivity contribution in [3.05, 3.63) is 29.6 Å². The first-order valence-corrected chi connectivity index (χ1v) is 3.64. The lowest BCUT2D eigenvalue weighted by Crippen LogP contribution is -2.05. The number of pyridine rings is 1. The summed E-state index contributed by atoms with van der Waals surface area (Å²) in [6, 6.07) is 0.986. The maximum atomic E-state index is 12.0. The van der Waals surface area contributed by atoms with E-state index >= 15 is 0 Å². The van der Waals surface area contributed by atoms with Gasteiger partial charge in [0.2, 0.25) is 0 Å². The predicted molar refractivity (Wildman–Crippen MR) is 46.0 cm³/mol. The third-order valence-electron chi connectivity index (χ3n) is 1.28. The van der Waals surface area contributed by atoms with Crippen LogP contribution in [0.4, 0.5) is 13.2 Å². The normalized spacial score (nSPS) is 10.8. The molecular formula is C7H6Cl2F3N. The molecule has 6 heteroatoms. The molecule has 0 aliphatic rings. The summed E-state index contributed by atoms with van der Waals surface area (Å²) in [5.74, 6) is 0.0386. The zero-order valence-electron chi connectivity index (χ0n) is 6.31. The first-order valence-electron chi connectivity index (χ1n) is 3.11. The van der Waals surface area contributed by atoms with Crippen molar-refractivity contribution in [2.75, 3.05) is 0 Å². The molecule has 0 saturated heterocycles. The fraction of sp³-hybridized carbons (Fsp3) is 0.286. The zero-order chi connectivity index (χ0) is 9.19. The minimum Gasteiger partial charge on any atom is -0.264 e. The van der Waals surface area contributed by atoms with Crippen LogP contribution in [0.25, 0.3) is 0 Å². The third-order valence-corrected chi connectivity index (χ3v) is 1.59. The van der Waals surface area contributed by atoms with Crippen LogP contribution in [0, 0.1) is 0 Å². The number of aromatic nitrogens is 1. The van der Waals surface area contributed by atoms with Gasteiger partial charge in [-0.05, 0) is 11.6 Å². The van der Waals surface area contributed by atoms with Gasteiger partial charge in [-0.15, -0.1) is 24.0 Å². The molecule has 0 saturated carbocycles. The largest absolute Gasteiger partial charge is 0.417 e. The van der Waals surface area contributed by atoms with Crippen LogP contribution in [-0.4, -0.2) is 4.98 Å². The molecule has 0 atom stereocenters. The van der Waals surface area contributed by atoms with Crippen molar-refractivity contribution in [2.45, 2.75) is 12.1 Å². The van der Waals surface area contributed by atoms with E-state index in [0.717, 1.165) is 12.3 Å². The second-order valence-corrected chi connectivity index (χ2v) is 2.48. The Morgan fingerprint density at radius 3 is 2.38 bits per heavy atom. The van der Waals surface area contributed by atoms with Crippen LogP contribution in [0.5, 0.6) is 0 Å². The van der Waals surface area contributed by atoms with E-state index in [2.05, 4.69) is 4.98 Å². The van der Waals surface area contributed by atoms with E-state index in [1.165, 1.54) is 6.20 Å². The van der Waals surface area contributed by atoms with Gasteiger partial charge in [-0.1, -0.05) is 0 Å². The number of rotatable bonds is 1. The summed E-state index contributed by atoms with van der Waals surface area (Å²) in [4.78, 5) is 3.42. The summed E-state index contributed by atoms with van der Waals surface area (Å²) in [6.07, 6.45) is -2.26. The summed E-state index contributed by atoms with van der Waals surface area (Å²) >= 11 is 5.34. The smallest absolute Gasteiger partial charge is 0.264 e. The summed E-state index contributed by atoms with van der Waals surface area (Å²) in [7, 11) is 0. The van der Waals surface area contributed by atoms with E-state index in [4.69, 9.17) is 11.6 Å². The third kappa shape index (κ3) is 3.40. The number of alkyl halides is 4. The summed E-state index contributed by atoms with van der Waals surface area (Å²) < 4.78 is 36.1. The minimum absolute atomic E-state index is 0. The van der Waals surface area contributed by atoms with E-state index in [-0.39, 0.29) is 18.3 Å². The summed E-state index contributed by atoms with van der Waals surface area (Å²) in [5, 5.41) is 0. The molecule has 0 N–H and O–H groups in total. The molecule has 0 radical (unpaired) electrons. The zero-order valence-corrected chi connectivity index (χ0v) is 7.88. The van der Waals surface area contributed by atoms with Crippen molar-refractivity contribution in [3.8, 4) is 0 Å². The molecular weight excluding hydrogens is 226 g/mol. The van der Waals surface area contributed by atoms with E-state index in [1.54, 1.807) is 0 Å². The Bertz CT molecular complexity index is 275. The fourth-order valence-electron chi connectivity index (χ4n) is 0.716. The van der Waals surface area contributed by atoms with Crippen LogP contribution in [0.15, 0.2) is 18.5 Å². The van der Waals surface area contributed by atoms with E-state index in [0.29, 0.717) is 5.56 Å². The maximum Gasteiger partial charge on any atom is 0.417 e. The summed E-state index contributed by atoms with van der Waals surface area (Å²) in [5.41, 5.74) is -0.396. The highest BCUT2D eigenvalue weighted by Gasteiger charge is 2.30. The van der Waals surface area contributed by atoms with Gasteiger partial charge in [0.25, 0.3) is 0 Å². The van der Waals surface area contributed by atoms with Crippen molar-refractivity contribution >= 4 is 24.0 Å². The van der Waals surface area contributed by atoms with Gasteiger partial charge < -0.3 is 0 Å². The average molecular weight is 232 g/mol. The van der Waals surface area contributed by atoms with E-state index in [1.807, 2.05) is 0 Å². The Kier molecular flexibility index (Phi) is 4.50. The highest BCUT2D eigenvalue weighted by atomic mass is 35.5. The lowest BCUT2D eigenvalue weighted by Gasteiger charge is -2.05. The van der Waals surface area contributed by atoms with Crippen molar-refractivity contribution in [1.82, 2.24) is 4.98 Å². The van der Waals surface area contributed by atoms with Crippen molar-refractivity contribution in [1.29, 1.82) is 0 Å². The maximum absolute atomic E-state index is 12.0. The Labute approximate surface area is 84.3 Å². The Morgan fingerprint density at radius 1 is 1.31 bits per heavy atom. The molecule has 0 bridgehead atoms. The molecule has 1 heterocycles. The molecule has 1 aromatic rings. The standard InChI is InChI=1S/C7H5ClF3N.ClH/c8-2-5-1-6(4-12-3-5)7(9,10)11;/h1,3-4H,2H2;1H. The molecule has 74 valence electrons. The second kappa shape index (κ2) is 4.67. The van der Waals surface area contributed by atoms with Gasteiger partial charge in [0.1, 0.15) is 0 Å². The van der Waals surface area contributed by atoms with Crippen molar-refractivity contribution in [2.24, 2.45) is 0 Å². The van der Waals surface area contributed by atoms with Gasteiger partial charge in [-0.2, -0.15) is 13.2 Å². The molecule has 0 aliphatic carbocycles. The molecule has 0 fully saturated rings. The van der Waals surface area contributed by atoms with Crippen LogP contribution >= 0.6 is 24.0 Å². The summed E-state index contributed by atoms with van der Waals surface area (Å²) in [6.45, 7) is 0. The second-order valence-electron chi connectivity index (χ2n) is 2.21. The molecule has 13 heavy (non-hydrogen) atoms. The Balaban J connectivity index is 0.00000144. The van der Waals surface area contributed by atoms with Gasteiger partial charge in [-0.3, -0.25) is 4.98 Å². The number of nitrogens with zero attached hydrogens (tertiary/aromatic N) is 1. The monoisotopic (exact) mass is 231 g/mol. The SMILES string of the molecule is Cl.FC(F)(F)c1cncc(CCl)c1. The lowest BCUT2D eigenvalue weighted by molar-refractivity contribution is -0.137. The van der Waals surface area contributed by atoms with Crippen LogP contribution in [0.2, 0.25) is 0 Å². The molecule has 0 spiro atoms. The van der Waals surface area contributed by atoms with Gasteiger partial charge in [0, 0.05) is 18.3 Å². The molecule has 1 aromatic heterocycles. The highest BCUT2D eigenvalue weighted by molar-refractivity contribution is 6.17. The van der Waals surface area contributed by atoms with Crippen LogP contribution in [0.3, 0.4) is 0 Å². The molecule has 0 aliphatic heterocycles. The van der Waals surface area contributed by atoms with Crippen molar-refractivity contribution in [3.63, 3.8) is 0 Å². The Hall–Kier alpha value is -0.480. The van der Waals surface area contributed by atoms with Crippen molar-refractivity contribution < 1.29 is 13.2 Å². The molecule has 1 nitrogen and oxygen atoms in total. The Morgan fingerprint density at radius 2 is 1.92 bits per heavy atom.